The third kappa shape index (κ3) is 6.91. The molecule has 9 nitrogen and oxygen atoms in total. The minimum Gasteiger partial charge on any atom is -0.490 e. The van der Waals surface area contributed by atoms with Crippen LogP contribution < -0.4 is 21.8 Å². The Labute approximate surface area is 184 Å². The summed E-state index contributed by atoms with van der Waals surface area (Å²) in [5, 5.41) is 0. The number of hydrogen-bond donors (Lipinski definition) is 2. The number of rotatable bonds is 12. The van der Waals surface area contributed by atoms with E-state index in [2.05, 4.69) is 0 Å². The monoisotopic (exact) mass is 469 g/mol. The van der Waals surface area contributed by atoms with E-state index in [0.717, 1.165) is 17.4 Å². The van der Waals surface area contributed by atoms with E-state index < -0.39 is 32.7 Å². The van der Waals surface area contributed by atoms with Gasteiger partial charge in [0.1, 0.15) is 0 Å². The summed E-state index contributed by atoms with van der Waals surface area (Å²) in [6.45, 7) is 2.34. The second-order valence-corrected chi connectivity index (χ2v) is 10.6. The Hall–Kier alpha value is -2.69. The van der Waals surface area contributed by atoms with Gasteiger partial charge in [-0.3, -0.25) is 9.97 Å². The van der Waals surface area contributed by atoms with Crippen LogP contribution in [0.2, 0.25) is 0 Å². The third-order valence-corrected chi connectivity index (χ3v) is 7.39. The Kier molecular flexibility index (Phi) is 7.70. The molecule has 1 fully saturated rings. The third-order valence-electron chi connectivity index (χ3n) is 5.47. The van der Waals surface area contributed by atoms with Gasteiger partial charge >= 0.3 is 17.1 Å². The molecule has 1 aliphatic rings. The van der Waals surface area contributed by atoms with E-state index in [9.17, 15) is 27.2 Å². The van der Waals surface area contributed by atoms with E-state index in [4.69, 9.17) is 4.74 Å². The Bertz CT molecular complexity index is 1180. The van der Waals surface area contributed by atoms with Crippen molar-refractivity contribution in [2.75, 3.05) is 18.1 Å². The van der Waals surface area contributed by atoms with Crippen molar-refractivity contribution in [3.8, 4) is 5.75 Å². The highest BCUT2D eigenvalue weighted by Crippen LogP contribution is 2.31. The Balaban J connectivity index is 1.47. The average Bonchev–Trinajstić information content (AvgIpc) is 3.52. The summed E-state index contributed by atoms with van der Waals surface area (Å²) in [5.41, 5.74) is -1.74. The van der Waals surface area contributed by atoms with E-state index in [1.54, 1.807) is 19.1 Å². The normalized spacial score (nSPS) is 14.9. The molecule has 1 aliphatic carbocycles. The number of aromatic nitrogens is 3. The fraction of sp³-hybridized carbons (Fsp3) is 0.571. The number of hydrogen-bond acceptors (Lipinski definition) is 6. The predicted octanol–water partition coefficient (Wildman–Crippen LogP) is 1.54. The maximum absolute atomic E-state index is 14.0. The molecule has 11 heteroatoms. The number of unbranched alkanes of at least 4 members (excludes halogenated alkanes) is 2. The van der Waals surface area contributed by atoms with Gasteiger partial charge in [0.25, 0.3) is 0 Å². The van der Waals surface area contributed by atoms with Crippen molar-refractivity contribution >= 4 is 9.84 Å². The van der Waals surface area contributed by atoms with Crippen molar-refractivity contribution in [2.24, 2.45) is 5.92 Å². The van der Waals surface area contributed by atoms with Crippen molar-refractivity contribution in [2.45, 2.75) is 51.5 Å². The lowest BCUT2D eigenvalue weighted by Gasteiger charge is -2.15. The van der Waals surface area contributed by atoms with Gasteiger partial charge in [-0.1, -0.05) is 19.4 Å². The smallest absolute Gasteiger partial charge is 0.333 e. The van der Waals surface area contributed by atoms with Crippen LogP contribution in [0.15, 0.2) is 32.6 Å². The van der Waals surface area contributed by atoms with Crippen LogP contribution in [0, 0.1) is 11.7 Å². The number of aromatic amines is 2. The molecule has 1 atom stereocenters. The Morgan fingerprint density at radius 1 is 1.12 bits per heavy atom. The van der Waals surface area contributed by atoms with Crippen molar-refractivity contribution < 1.29 is 17.5 Å². The first kappa shape index (κ1) is 24.0. The number of sulfone groups is 1. The molecule has 1 aromatic carbocycles. The van der Waals surface area contributed by atoms with Crippen LogP contribution >= 0.6 is 0 Å². The summed E-state index contributed by atoms with van der Waals surface area (Å²) in [6.07, 6.45) is 3.47. The van der Waals surface area contributed by atoms with E-state index >= 15 is 0 Å². The molecule has 0 bridgehead atoms. The second kappa shape index (κ2) is 10.3. The van der Waals surface area contributed by atoms with E-state index in [-0.39, 0.29) is 29.7 Å². The van der Waals surface area contributed by atoms with Gasteiger partial charge in [-0.15, -0.1) is 0 Å². The van der Waals surface area contributed by atoms with Gasteiger partial charge in [-0.05, 0) is 55.2 Å². The summed E-state index contributed by atoms with van der Waals surface area (Å²) < 4.78 is 45.4. The van der Waals surface area contributed by atoms with Crippen molar-refractivity contribution in [1.29, 1.82) is 0 Å². The van der Waals surface area contributed by atoms with Gasteiger partial charge in [-0.25, -0.2) is 31.8 Å². The minimum atomic E-state index is -3.35. The van der Waals surface area contributed by atoms with Crippen molar-refractivity contribution in [3.05, 3.63) is 61.0 Å². The molecule has 2 N–H and O–H groups in total. The van der Waals surface area contributed by atoms with Crippen molar-refractivity contribution in [3.63, 3.8) is 0 Å². The Morgan fingerprint density at radius 2 is 1.81 bits per heavy atom. The highest BCUT2D eigenvalue weighted by Gasteiger charge is 2.23. The first-order valence-corrected chi connectivity index (χ1v) is 12.5. The largest absolute Gasteiger partial charge is 0.490 e. The number of ether oxygens (including phenoxy) is 1. The zero-order valence-corrected chi connectivity index (χ0v) is 18.8. The molecule has 32 heavy (non-hydrogen) atoms. The van der Waals surface area contributed by atoms with Gasteiger partial charge in [0.2, 0.25) is 0 Å². The molecule has 0 aliphatic heterocycles. The summed E-state index contributed by atoms with van der Waals surface area (Å²) in [4.78, 5) is 38.2. The number of nitrogens with zero attached hydrogens (tertiary/aromatic N) is 1. The lowest BCUT2D eigenvalue weighted by atomic mass is 10.0. The molecule has 0 saturated heterocycles. The molecule has 2 aromatic rings. The quantitative estimate of drug-likeness (QED) is 0.454. The van der Waals surface area contributed by atoms with Crippen LogP contribution in [-0.2, 0) is 16.4 Å². The van der Waals surface area contributed by atoms with Gasteiger partial charge in [-0.2, -0.15) is 0 Å². The number of benzene rings is 1. The molecule has 0 unspecified atom stereocenters. The lowest BCUT2D eigenvalue weighted by Crippen LogP contribution is -2.43. The van der Waals surface area contributed by atoms with Gasteiger partial charge in [0.05, 0.1) is 18.1 Å². The summed E-state index contributed by atoms with van der Waals surface area (Å²) in [6, 6.07) is 4.47. The summed E-state index contributed by atoms with van der Waals surface area (Å²) in [7, 11) is -3.35. The highest BCUT2D eigenvalue weighted by atomic mass is 32.2. The van der Waals surface area contributed by atoms with Gasteiger partial charge < -0.3 is 4.74 Å². The zero-order chi connectivity index (χ0) is 23.3. The minimum absolute atomic E-state index is 0.0273. The first-order chi connectivity index (χ1) is 15.1. The maximum Gasteiger partial charge on any atom is 0.333 e. The molecular formula is C21H28FN3O6S. The fourth-order valence-electron chi connectivity index (χ4n) is 3.41. The SMILES string of the molecule is C[C@@H](CS(=O)(=O)CCCCCn1c(=O)[nH]c(=O)[nH]c1=O)c1ccc(F)c(OCC2CC2)c1. The van der Waals surface area contributed by atoms with Gasteiger partial charge in [0, 0.05) is 6.54 Å². The summed E-state index contributed by atoms with van der Waals surface area (Å²) >= 11 is 0. The van der Waals surface area contributed by atoms with E-state index in [1.165, 1.54) is 6.07 Å². The molecule has 1 heterocycles. The number of H-pyrrole nitrogens is 2. The highest BCUT2D eigenvalue weighted by molar-refractivity contribution is 7.91. The van der Waals surface area contributed by atoms with Crippen LogP contribution in [0.4, 0.5) is 4.39 Å². The lowest BCUT2D eigenvalue weighted by molar-refractivity contribution is 0.285. The maximum atomic E-state index is 14.0. The van der Waals surface area contributed by atoms with E-state index in [0.29, 0.717) is 37.4 Å². The standard InChI is InChI=1S/C21H28FN3O6S/c1-14(16-7-8-17(22)18(11-16)31-12-15-5-6-15)13-32(29,30)10-4-2-3-9-25-20(27)23-19(26)24-21(25)28/h7-8,11,14-15H,2-6,9-10,12-13H2,1H3,(H2,23,24,26,27,28)/t14-/m0/s1. The second-order valence-electron chi connectivity index (χ2n) is 8.36. The predicted molar refractivity (Wildman–Crippen MR) is 117 cm³/mol. The zero-order valence-electron chi connectivity index (χ0n) is 17.9. The summed E-state index contributed by atoms with van der Waals surface area (Å²) in [5.74, 6) is -0.226. The van der Waals surface area contributed by atoms with Crippen molar-refractivity contribution in [1.82, 2.24) is 14.5 Å². The Morgan fingerprint density at radius 3 is 2.47 bits per heavy atom. The molecule has 0 spiro atoms. The number of nitrogens with one attached hydrogen (secondary N) is 2. The molecule has 3 rings (SSSR count). The topological polar surface area (TPSA) is 131 Å². The fourth-order valence-corrected chi connectivity index (χ4v) is 5.18. The molecule has 0 amide bonds. The van der Waals surface area contributed by atoms with Crippen LogP contribution in [0.1, 0.15) is 50.5 Å². The van der Waals surface area contributed by atoms with Gasteiger partial charge in [0.15, 0.2) is 21.4 Å². The van der Waals surface area contributed by atoms with Crippen LogP contribution in [0.25, 0.3) is 0 Å². The molecule has 1 saturated carbocycles. The average molecular weight is 470 g/mol. The van der Waals surface area contributed by atoms with Crippen LogP contribution in [0.3, 0.4) is 0 Å². The first-order valence-electron chi connectivity index (χ1n) is 10.7. The molecular weight excluding hydrogens is 441 g/mol. The molecule has 176 valence electrons. The van der Waals surface area contributed by atoms with Crippen LogP contribution in [-0.4, -0.2) is 41.1 Å². The van der Waals surface area contributed by atoms with Crippen LogP contribution in [0.5, 0.6) is 5.75 Å². The van der Waals surface area contributed by atoms with E-state index in [1.807, 2.05) is 9.97 Å². The number of halogens is 1. The molecule has 1 aromatic heterocycles. The molecule has 0 radical (unpaired) electrons.